The number of hydrogen-bond donors (Lipinski definition) is 0. The minimum absolute atomic E-state index is 0.831. The molecule has 2 aromatic heterocycles. The van der Waals surface area contributed by atoms with Gasteiger partial charge in [-0.3, -0.25) is 0 Å². The molecule has 0 bridgehead atoms. The van der Waals surface area contributed by atoms with Crippen LogP contribution < -0.4 is 4.74 Å². The Balaban J connectivity index is 1.71. The molecule has 0 radical (unpaired) electrons. The molecule has 0 aliphatic carbocycles. The Morgan fingerprint density at radius 3 is 2.89 bits per heavy atom. The van der Waals surface area contributed by atoms with Gasteiger partial charge in [-0.05, 0) is 29.0 Å². The topological polar surface area (TPSA) is 65.7 Å². The van der Waals surface area contributed by atoms with Crippen LogP contribution in [0, 0.1) is 0 Å². The van der Waals surface area contributed by atoms with Gasteiger partial charge in [0.15, 0.2) is 5.75 Å². The number of aryl methyl sites for hydroxylation is 1. The van der Waals surface area contributed by atoms with Gasteiger partial charge in [-0.2, -0.15) is 0 Å². The number of pyridine rings is 1. The summed E-state index contributed by atoms with van der Waals surface area (Å²) in [5.74, 6) is 2.81. The van der Waals surface area contributed by atoms with Crippen LogP contribution in [-0.4, -0.2) is 43.8 Å². The molecule has 8 heteroatoms. The van der Waals surface area contributed by atoms with Crippen LogP contribution in [0.3, 0.4) is 0 Å². The molecule has 0 amide bonds. The molecule has 0 N–H and O–H groups in total. The van der Waals surface area contributed by atoms with E-state index in [2.05, 4.69) is 20.5 Å². The Kier molecular flexibility index (Phi) is 5.46. The second-order valence-corrected chi connectivity index (χ2v) is 5.79. The maximum Gasteiger partial charge on any atom is 0.209 e. The van der Waals surface area contributed by atoms with Crippen LogP contribution in [0.1, 0.15) is 6.42 Å². The lowest BCUT2D eigenvalue weighted by Crippen LogP contribution is -1.95. The van der Waals surface area contributed by atoms with Crippen molar-refractivity contribution < 1.29 is 4.74 Å². The van der Waals surface area contributed by atoms with Crippen molar-refractivity contribution in [3.8, 4) is 5.75 Å². The summed E-state index contributed by atoms with van der Waals surface area (Å²) in [6.07, 6.45) is 2.84. The summed E-state index contributed by atoms with van der Waals surface area (Å²) >= 11 is 3.37. The van der Waals surface area contributed by atoms with E-state index < -0.39 is 0 Å². The minimum atomic E-state index is 0.831. The molecule has 19 heavy (non-hydrogen) atoms. The van der Waals surface area contributed by atoms with Crippen molar-refractivity contribution in [2.24, 2.45) is 7.05 Å². The normalized spacial score (nSPS) is 10.6. The Hall–Kier alpha value is -1.28. The number of methoxy groups -OCH3 is 1. The van der Waals surface area contributed by atoms with Crippen LogP contribution >= 0.6 is 23.5 Å². The zero-order chi connectivity index (χ0) is 13.5. The quantitative estimate of drug-likeness (QED) is 0.571. The van der Waals surface area contributed by atoms with Crippen molar-refractivity contribution in [1.29, 1.82) is 0 Å². The fourth-order valence-corrected chi connectivity index (χ4v) is 3.26. The first kappa shape index (κ1) is 14.1. The van der Waals surface area contributed by atoms with Crippen LogP contribution in [0.2, 0.25) is 0 Å². The van der Waals surface area contributed by atoms with Gasteiger partial charge in [-0.25, -0.2) is 9.67 Å². The smallest absolute Gasteiger partial charge is 0.209 e. The summed E-state index contributed by atoms with van der Waals surface area (Å²) in [6, 6.07) is 3.80. The molecule has 0 fully saturated rings. The van der Waals surface area contributed by atoms with E-state index in [9.17, 15) is 0 Å². The summed E-state index contributed by atoms with van der Waals surface area (Å²) in [5.41, 5.74) is 0. The fourth-order valence-electron chi connectivity index (χ4n) is 1.37. The maximum absolute atomic E-state index is 5.26. The van der Waals surface area contributed by atoms with E-state index in [0.29, 0.717) is 0 Å². The molecule has 2 heterocycles. The van der Waals surface area contributed by atoms with Gasteiger partial charge >= 0.3 is 0 Å². The molecular weight excluding hydrogens is 282 g/mol. The molecule has 6 nitrogen and oxygen atoms in total. The first-order chi connectivity index (χ1) is 9.31. The van der Waals surface area contributed by atoms with Crippen molar-refractivity contribution in [2.45, 2.75) is 16.6 Å². The van der Waals surface area contributed by atoms with E-state index >= 15 is 0 Å². The van der Waals surface area contributed by atoms with Crippen LogP contribution in [0.5, 0.6) is 5.75 Å². The highest BCUT2D eigenvalue weighted by molar-refractivity contribution is 8.00. The number of nitrogens with zero attached hydrogens (tertiary/aromatic N) is 5. The average molecular weight is 297 g/mol. The Labute approximate surface area is 120 Å². The number of hydrogen-bond acceptors (Lipinski definition) is 7. The Morgan fingerprint density at radius 2 is 2.16 bits per heavy atom. The maximum atomic E-state index is 5.26. The Morgan fingerprint density at radius 1 is 1.32 bits per heavy atom. The van der Waals surface area contributed by atoms with E-state index in [1.165, 1.54) is 0 Å². The molecule has 2 aromatic rings. The number of aromatic nitrogens is 5. The molecular formula is C11H15N5OS2. The standard InChI is InChI=1S/C11H15N5OS2/c1-16-11(13-14-15-16)19-8-4-7-18-10-9(17-2)5-3-6-12-10/h3,5-6H,4,7-8H2,1-2H3. The van der Waals surface area contributed by atoms with Gasteiger partial charge < -0.3 is 4.74 Å². The van der Waals surface area contributed by atoms with Crippen molar-refractivity contribution in [3.05, 3.63) is 18.3 Å². The molecule has 0 saturated carbocycles. The molecule has 0 atom stereocenters. The molecule has 0 unspecified atom stereocenters. The predicted octanol–water partition coefficient (Wildman–Crippen LogP) is 1.89. The Bertz CT molecular complexity index is 519. The molecule has 0 aromatic carbocycles. The van der Waals surface area contributed by atoms with Crippen molar-refractivity contribution in [1.82, 2.24) is 25.2 Å². The van der Waals surface area contributed by atoms with Crippen LogP contribution in [0.15, 0.2) is 28.5 Å². The number of rotatable bonds is 7. The van der Waals surface area contributed by atoms with Gasteiger partial charge in [0.2, 0.25) is 5.16 Å². The van der Waals surface area contributed by atoms with Crippen molar-refractivity contribution in [3.63, 3.8) is 0 Å². The van der Waals surface area contributed by atoms with Gasteiger partial charge in [0.25, 0.3) is 0 Å². The van der Waals surface area contributed by atoms with Crippen LogP contribution in [0.4, 0.5) is 0 Å². The largest absolute Gasteiger partial charge is 0.494 e. The van der Waals surface area contributed by atoms with E-state index in [-0.39, 0.29) is 0 Å². The van der Waals surface area contributed by atoms with Crippen LogP contribution in [0.25, 0.3) is 0 Å². The van der Waals surface area contributed by atoms with Gasteiger partial charge in [0.1, 0.15) is 5.03 Å². The third-order valence-corrected chi connectivity index (χ3v) is 4.47. The molecule has 0 saturated heterocycles. The number of thioether (sulfide) groups is 2. The lowest BCUT2D eigenvalue weighted by atomic mass is 10.5. The van der Waals surface area contributed by atoms with E-state index in [4.69, 9.17) is 4.74 Å². The average Bonchev–Trinajstić information content (AvgIpc) is 2.84. The fraction of sp³-hybridized carbons (Fsp3) is 0.455. The summed E-state index contributed by atoms with van der Waals surface area (Å²) in [6.45, 7) is 0. The third-order valence-electron chi connectivity index (χ3n) is 2.30. The molecule has 0 aliphatic heterocycles. The minimum Gasteiger partial charge on any atom is -0.494 e. The van der Waals surface area contributed by atoms with Crippen LogP contribution in [-0.2, 0) is 7.05 Å². The van der Waals surface area contributed by atoms with Crippen molar-refractivity contribution >= 4 is 23.5 Å². The first-order valence-electron chi connectivity index (χ1n) is 5.78. The molecule has 0 spiro atoms. The predicted molar refractivity (Wildman–Crippen MR) is 75.7 cm³/mol. The first-order valence-corrected chi connectivity index (χ1v) is 7.75. The van der Waals surface area contributed by atoms with Gasteiger partial charge in [0.05, 0.1) is 7.11 Å². The summed E-state index contributed by atoms with van der Waals surface area (Å²) < 4.78 is 6.94. The van der Waals surface area contributed by atoms with Crippen molar-refractivity contribution in [2.75, 3.05) is 18.6 Å². The highest BCUT2D eigenvalue weighted by atomic mass is 32.2. The lowest BCUT2D eigenvalue weighted by molar-refractivity contribution is 0.401. The second kappa shape index (κ2) is 7.34. The number of tetrazole rings is 1. The zero-order valence-corrected chi connectivity index (χ0v) is 12.4. The van der Waals surface area contributed by atoms with Gasteiger partial charge in [-0.1, -0.05) is 11.8 Å². The van der Waals surface area contributed by atoms with E-state index in [1.807, 2.05) is 19.2 Å². The molecule has 2 rings (SSSR count). The second-order valence-electron chi connectivity index (χ2n) is 3.65. The van der Waals surface area contributed by atoms with E-state index in [1.54, 1.807) is 41.5 Å². The van der Waals surface area contributed by atoms with E-state index in [0.717, 1.165) is 33.9 Å². The lowest BCUT2D eigenvalue weighted by Gasteiger charge is -2.05. The summed E-state index contributed by atoms with van der Waals surface area (Å²) in [4.78, 5) is 4.31. The van der Waals surface area contributed by atoms with Gasteiger partial charge in [-0.15, -0.1) is 16.9 Å². The van der Waals surface area contributed by atoms with Gasteiger partial charge in [0, 0.05) is 24.8 Å². The summed E-state index contributed by atoms with van der Waals surface area (Å²) in [5, 5.41) is 13.1. The monoisotopic (exact) mass is 297 g/mol. The highest BCUT2D eigenvalue weighted by Gasteiger charge is 2.05. The zero-order valence-electron chi connectivity index (χ0n) is 10.8. The molecule has 102 valence electrons. The number of ether oxygens (including phenoxy) is 1. The SMILES string of the molecule is COc1cccnc1SCCCSc1nnnn1C. The third kappa shape index (κ3) is 4.10. The molecule has 0 aliphatic rings. The summed E-state index contributed by atoms with van der Waals surface area (Å²) in [7, 11) is 3.51. The highest BCUT2D eigenvalue weighted by Crippen LogP contribution is 2.27.